The van der Waals surface area contributed by atoms with Gasteiger partial charge in [-0.05, 0) is 30.5 Å². The molecule has 3 rings (SSSR count). The van der Waals surface area contributed by atoms with Crippen LogP contribution in [0, 0.1) is 5.82 Å². The molecule has 26 heavy (non-hydrogen) atoms. The maximum atomic E-state index is 13.0. The quantitative estimate of drug-likeness (QED) is 0.622. The summed E-state index contributed by atoms with van der Waals surface area (Å²) in [5.74, 6) is 0.611. The van der Waals surface area contributed by atoms with Crippen LogP contribution in [-0.4, -0.2) is 49.6 Å². The summed E-state index contributed by atoms with van der Waals surface area (Å²) < 4.78 is 13.0. The minimum Gasteiger partial charge on any atom is -0.356 e. The van der Waals surface area contributed by atoms with Crippen LogP contribution in [0.4, 0.5) is 9.52 Å². The van der Waals surface area contributed by atoms with E-state index >= 15 is 0 Å². The molecule has 1 aromatic carbocycles. The standard InChI is InChI=1S/C19H26FN5S/c1-21-18(24(2)13-15-5-7-16(20)8-6-15)22-10-9-17-14-26-19(23-17)25-11-3-4-12-25/h5-8,14H,3-4,9-13H2,1-2H3,(H,21,22). The molecular weight excluding hydrogens is 349 g/mol. The van der Waals surface area contributed by atoms with Crippen molar-refractivity contribution in [2.24, 2.45) is 4.99 Å². The number of rotatable bonds is 6. The third-order valence-electron chi connectivity index (χ3n) is 4.49. The molecule has 140 valence electrons. The lowest BCUT2D eigenvalue weighted by atomic mass is 10.2. The first-order valence-electron chi connectivity index (χ1n) is 9.01. The third-order valence-corrected chi connectivity index (χ3v) is 5.44. The summed E-state index contributed by atoms with van der Waals surface area (Å²) in [5.41, 5.74) is 2.17. The van der Waals surface area contributed by atoms with Gasteiger partial charge in [-0.3, -0.25) is 4.99 Å². The Morgan fingerprint density at radius 2 is 2.04 bits per heavy atom. The Morgan fingerprint density at radius 3 is 2.73 bits per heavy atom. The second kappa shape index (κ2) is 8.98. The molecule has 2 aromatic rings. The van der Waals surface area contributed by atoms with Crippen molar-refractivity contribution in [3.63, 3.8) is 0 Å². The maximum absolute atomic E-state index is 13.0. The van der Waals surface area contributed by atoms with Gasteiger partial charge in [-0.2, -0.15) is 0 Å². The molecule has 0 spiro atoms. The highest BCUT2D eigenvalue weighted by Crippen LogP contribution is 2.24. The molecule has 0 aliphatic carbocycles. The molecule has 0 radical (unpaired) electrons. The van der Waals surface area contributed by atoms with Crippen LogP contribution in [0.3, 0.4) is 0 Å². The molecule has 7 heteroatoms. The minimum absolute atomic E-state index is 0.213. The highest BCUT2D eigenvalue weighted by molar-refractivity contribution is 7.13. The third kappa shape index (κ3) is 4.94. The van der Waals surface area contributed by atoms with Crippen LogP contribution >= 0.6 is 11.3 Å². The number of nitrogens with one attached hydrogen (secondary N) is 1. The van der Waals surface area contributed by atoms with Crippen molar-refractivity contribution in [3.05, 3.63) is 46.7 Å². The van der Waals surface area contributed by atoms with Gasteiger partial charge in [0.15, 0.2) is 11.1 Å². The van der Waals surface area contributed by atoms with E-state index in [1.54, 1.807) is 30.5 Å². The molecule has 1 aliphatic rings. The van der Waals surface area contributed by atoms with Crippen LogP contribution in [-0.2, 0) is 13.0 Å². The molecular formula is C19H26FN5S. The van der Waals surface area contributed by atoms with E-state index in [2.05, 4.69) is 20.6 Å². The van der Waals surface area contributed by atoms with E-state index in [1.165, 1.54) is 25.0 Å². The summed E-state index contributed by atoms with van der Waals surface area (Å²) in [6.07, 6.45) is 3.41. The van der Waals surface area contributed by atoms with Crippen molar-refractivity contribution in [2.45, 2.75) is 25.8 Å². The predicted octanol–water partition coefficient (Wildman–Crippen LogP) is 3.13. The Morgan fingerprint density at radius 1 is 1.31 bits per heavy atom. The van der Waals surface area contributed by atoms with Crippen LogP contribution < -0.4 is 10.2 Å². The Bertz CT molecular complexity index is 722. The van der Waals surface area contributed by atoms with Crippen molar-refractivity contribution in [1.29, 1.82) is 0 Å². The maximum Gasteiger partial charge on any atom is 0.193 e. The Kier molecular flexibility index (Phi) is 6.44. The van der Waals surface area contributed by atoms with Gasteiger partial charge >= 0.3 is 0 Å². The van der Waals surface area contributed by atoms with Crippen LogP contribution in [0.5, 0.6) is 0 Å². The first kappa shape index (κ1) is 18.6. The number of nitrogens with zero attached hydrogens (tertiary/aromatic N) is 4. The monoisotopic (exact) mass is 375 g/mol. The lowest BCUT2D eigenvalue weighted by molar-refractivity contribution is 0.476. The van der Waals surface area contributed by atoms with Gasteiger partial charge in [0.1, 0.15) is 5.82 Å². The first-order chi connectivity index (χ1) is 12.7. The summed E-state index contributed by atoms with van der Waals surface area (Å²) >= 11 is 1.74. The Hall–Kier alpha value is -2.15. The first-order valence-corrected chi connectivity index (χ1v) is 9.89. The fraction of sp³-hybridized carbons (Fsp3) is 0.474. The molecule has 0 amide bonds. The topological polar surface area (TPSA) is 43.8 Å². The van der Waals surface area contributed by atoms with E-state index in [-0.39, 0.29) is 5.82 Å². The Balaban J connectivity index is 1.47. The molecule has 1 aromatic heterocycles. The normalized spacial score (nSPS) is 14.7. The fourth-order valence-corrected chi connectivity index (χ4v) is 4.00. The van der Waals surface area contributed by atoms with Gasteiger partial charge in [0, 0.05) is 52.1 Å². The smallest absolute Gasteiger partial charge is 0.193 e. The average Bonchev–Trinajstić information content (AvgIpc) is 3.32. The van der Waals surface area contributed by atoms with Crippen LogP contribution in [0.15, 0.2) is 34.6 Å². The number of hydrogen-bond donors (Lipinski definition) is 1. The number of anilines is 1. The molecule has 0 atom stereocenters. The Labute approximate surface area is 158 Å². The second-order valence-corrected chi connectivity index (χ2v) is 7.36. The van der Waals surface area contributed by atoms with Gasteiger partial charge in [0.2, 0.25) is 0 Å². The van der Waals surface area contributed by atoms with Gasteiger partial charge in [0.25, 0.3) is 0 Å². The van der Waals surface area contributed by atoms with Crippen molar-refractivity contribution < 1.29 is 4.39 Å². The van der Waals surface area contributed by atoms with Gasteiger partial charge in [-0.1, -0.05) is 12.1 Å². The number of thiazole rings is 1. The highest BCUT2D eigenvalue weighted by atomic mass is 32.1. The molecule has 2 heterocycles. The number of hydrogen-bond acceptors (Lipinski definition) is 4. The number of guanidine groups is 1. The van der Waals surface area contributed by atoms with E-state index in [0.29, 0.717) is 6.54 Å². The molecule has 0 saturated carbocycles. The molecule has 1 fully saturated rings. The van der Waals surface area contributed by atoms with Gasteiger partial charge in [-0.25, -0.2) is 9.37 Å². The zero-order valence-corrected chi connectivity index (χ0v) is 16.2. The summed E-state index contributed by atoms with van der Waals surface area (Å²) in [6.45, 7) is 3.72. The van der Waals surface area contributed by atoms with Crippen LogP contribution in [0.25, 0.3) is 0 Å². The molecule has 0 unspecified atom stereocenters. The lowest BCUT2D eigenvalue weighted by Gasteiger charge is -2.22. The number of aromatic nitrogens is 1. The van der Waals surface area contributed by atoms with Crippen LogP contribution in [0.2, 0.25) is 0 Å². The van der Waals surface area contributed by atoms with Gasteiger partial charge in [-0.15, -0.1) is 11.3 Å². The van der Waals surface area contributed by atoms with Crippen molar-refractivity contribution in [1.82, 2.24) is 15.2 Å². The highest BCUT2D eigenvalue weighted by Gasteiger charge is 2.15. The average molecular weight is 376 g/mol. The van der Waals surface area contributed by atoms with Gasteiger partial charge < -0.3 is 15.1 Å². The lowest BCUT2D eigenvalue weighted by Crippen LogP contribution is -2.39. The van der Waals surface area contributed by atoms with E-state index < -0.39 is 0 Å². The summed E-state index contributed by atoms with van der Waals surface area (Å²) in [6, 6.07) is 6.57. The van der Waals surface area contributed by atoms with Crippen molar-refractivity contribution in [3.8, 4) is 0 Å². The number of aliphatic imine (C=N–C) groups is 1. The largest absolute Gasteiger partial charge is 0.356 e. The summed E-state index contributed by atoms with van der Waals surface area (Å²) in [7, 11) is 3.75. The zero-order valence-electron chi connectivity index (χ0n) is 15.4. The van der Waals surface area contributed by atoms with E-state index in [0.717, 1.165) is 48.4 Å². The van der Waals surface area contributed by atoms with E-state index in [4.69, 9.17) is 4.98 Å². The molecule has 5 nitrogen and oxygen atoms in total. The van der Waals surface area contributed by atoms with Crippen LogP contribution in [0.1, 0.15) is 24.1 Å². The fourth-order valence-electron chi connectivity index (χ4n) is 3.09. The second-order valence-electron chi connectivity index (χ2n) is 6.52. The van der Waals surface area contributed by atoms with E-state index in [1.807, 2.05) is 11.9 Å². The predicted molar refractivity (Wildman–Crippen MR) is 106 cm³/mol. The number of halogens is 1. The van der Waals surface area contributed by atoms with Gasteiger partial charge in [0.05, 0.1) is 5.69 Å². The molecule has 0 bridgehead atoms. The molecule has 1 N–H and O–H groups in total. The van der Waals surface area contributed by atoms with Crippen molar-refractivity contribution >= 4 is 22.4 Å². The van der Waals surface area contributed by atoms with E-state index in [9.17, 15) is 4.39 Å². The molecule has 1 aliphatic heterocycles. The zero-order chi connectivity index (χ0) is 18.4. The molecule has 1 saturated heterocycles. The SMILES string of the molecule is CN=C(NCCc1csc(N2CCCC2)n1)N(C)Cc1ccc(F)cc1. The minimum atomic E-state index is -0.213. The van der Waals surface area contributed by atoms with Crippen molar-refractivity contribution in [2.75, 3.05) is 38.6 Å². The number of benzene rings is 1. The summed E-state index contributed by atoms with van der Waals surface area (Å²) in [4.78, 5) is 13.5. The summed E-state index contributed by atoms with van der Waals surface area (Å²) in [5, 5.41) is 6.68.